The molecule has 0 bridgehead atoms. The molecule has 2 saturated carbocycles. The maximum atomic E-state index is 12.4. The highest BCUT2D eigenvalue weighted by molar-refractivity contribution is 14.1. The molecule has 4 fully saturated rings. The molecule has 1 amide bonds. The van der Waals surface area contributed by atoms with Crippen molar-refractivity contribution >= 4 is 34.5 Å². The molecule has 0 radical (unpaired) electrons. The van der Waals surface area contributed by atoms with E-state index in [-0.39, 0.29) is 17.0 Å². The molecule has 1 aromatic heterocycles. The van der Waals surface area contributed by atoms with Crippen LogP contribution in [0.2, 0.25) is 0 Å². The number of ether oxygens (including phenoxy) is 1. The molecule has 0 N–H and O–H groups in total. The minimum Gasteiger partial charge on any atom is -0.444 e. The van der Waals surface area contributed by atoms with Crippen molar-refractivity contribution in [2.45, 2.75) is 83.5 Å². The number of amides is 1. The molecular weight excluding hydrogens is 577 g/mol. The number of hydrogen-bond acceptors (Lipinski definition) is 5. The molecule has 6 rings (SSSR count). The van der Waals surface area contributed by atoms with Gasteiger partial charge in [-0.2, -0.15) is 5.10 Å². The van der Waals surface area contributed by atoms with Crippen LogP contribution in [0, 0.1) is 15.9 Å². The molecule has 7 nitrogen and oxygen atoms in total. The smallest absolute Gasteiger partial charge is 0.410 e. The third-order valence-corrected chi connectivity index (χ3v) is 10.2. The molecule has 2 spiro atoms. The molecule has 2 aliphatic carbocycles. The van der Waals surface area contributed by atoms with Crippen molar-refractivity contribution in [3.63, 3.8) is 0 Å². The van der Waals surface area contributed by atoms with Crippen molar-refractivity contribution in [3.05, 3.63) is 45.2 Å². The molecule has 0 atom stereocenters. The number of benzene rings is 1. The van der Waals surface area contributed by atoms with Crippen LogP contribution in [0.4, 0.5) is 10.6 Å². The number of carbonyl (C=O) groups excluding carboxylic acids is 1. The van der Waals surface area contributed by atoms with Crippen LogP contribution < -0.4 is 4.90 Å². The fraction of sp³-hybridized carbons (Fsp3) is 0.655. The lowest BCUT2D eigenvalue weighted by Crippen LogP contribution is -2.66. The van der Waals surface area contributed by atoms with Crippen molar-refractivity contribution in [2.24, 2.45) is 5.41 Å². The summed E-state index contributed by atoms with van der Waals surface area (Å²) in [5.74, 6) is 1.20. The van der Waals surface area contributed by atoms with E-state index in [2.05, 4.69) is 74.3 Å². The maximum Gasteiger partial charge on any atom is 0.410 e. The van der Waals surface area contributed by atoms with Gasteiger partial charge in [-0.05, 0) is 88.0 Å². The molecule has 4 aliphatic rings. The van der Waals surface area contributed by atoms with E-state index in [0.29, 0.717) is 6.04 Å². The summed E-state index contributed by atoms with van der Waals surface area (Å²) in [6.07, 6.45) is 5.85. The van der Waals surface area contributed by atoms with Crippen molar-refractivity contribution < 1.29 is 9.53 Å². The Hall–Kier alpha value is -1.81. The lowest BCUT2D eigenvalue weighted by molar-refractivity contribution is -0.0931. The summed E-state index contributed by atoms with van der Waals surface area (Å²) >= 11 is 2.53. The second kappa shape index (κ2) is 9.14. The Bertz CT molecular complexity index is 1150. The van der Waals surface area contributed by atoms with Gasteiger partial charge in [-0.25, -0.2) is 4.79 Å². The molecule has 2 aromatic rings. The fourth-order valence-corrected chi connectivity index (χ4v) is 7.63. The highest BCUT2D eigenvalue weighted by atomic mass is 127. The third-order valence-electron chi connectivity index (χ3n) is 8.97. The first-order valence-corrected chi connectivity index (χ1v) is 14.9. The first-order valence-electron chi connectivity index (χ1n) is 13.8. The zero-order chi connectivity index (χ0) is 26.0. The summed E-state index contributed by atoms with van der Waals surface area (Å²) in [5.41, 5.74) is 2.73. The fourth-order valence-electron chi connectivity index (χ4n) is 6.98. The van der Waals surface area contributed by atoms with Crippen molar-refractivity contribution in [1.82, 2.24) is 19.6 Å². The normalized spacial score (nSPS) is 23.1. The Balaban J connectivity index is 1.11. The average molecular weight is 618 g/mol. The highest BCUT2D eigenvalue weighted by Crippen LogP contribution is 2.55. The van der Waals surface area contributed by atoms with Crippen LogP contribution in [0.5, 0.6) is 0 Å². The van der Waals surface area contributed by atoms with E-state index in [0.717, 1.165) is 52.1 Å². The minimum atomic E-state index is -0.438. The molecule has 3 heterocycles. The Morgan fingerprint density at radius 3 is 2.43 bits per heavy atom. The number of nitrogens with zero attached hydrogens (tertiary/aromatic N) is 5. The summed E-state index contributed by atoms with van der Waals surface area (Å²) in [5, 5.41) is 5.28. The van der Waals surface area contributed by atoms with Crippen LogP contribution in [0.3, 0.4) is 0 Å². The van der Waals surface area contributed by atoms with Gasteiger partial charge in [0.05, 0.1) is 20.8 Å². The van der Waals surface area contributed by atoms with Crippen LogP contribution >= 0.6 is 22.6 Å². The second-order valence-corrected chi connectivity index (χ2v) is 14.1. The van der Waals surface area contributed by atoms with Gasteiger partial charge in [0.1, 0.15) is 5.60 Å². The lowest BCUT2D eigenvalue weighted by atomic mass is 9.61. The van der Waals surface area contributed by atoms with Crippen molar-refractivity contribution in [1.29, 1.82) is 0 Å². The summed E-state index contributed by atoms with van der Waals surface area (Å²) in [6, 6.07) is 11.3. The molecule has 2 aliphatic heterocycles. The van der Waals surface area contributed by atoms with Gasteiger partial charge in [0.15, 0.2) is 5.82 Å². The van der Waals surface area contributed by atoms with E-state index < -0.39 is 5.60 Å². The number of carbonyl (C=O) groups is 1. The quantitative estimate of drug-likeness (QED) is 0.418. The zero-order valence-electron chi connectivity index (χ0n) is 22.7. The number of piperazine rings is 1. The Morgan fingerprint density at radius 2 is 1.81 bits per heavy atom. The Morgan fingerprint density at radius 1 is 1.11 bits per heavy atom. The van der Waals surface area contributed by atoms with Crippen molar-refractivity contribution in [2.75, 3.05) is 37.6 Å². The maximum absolute atomic E-state index is 12.4. The topological polar surface area (TPSA) is 53.8 Å². The molecule has 200 valence electrons. The van der Waals surface area contributed by atoms with Gasteiger partial charge in [-0.3, -0.25) is 9.58 Å². The molecule has 2 saturated heterocycles. The standard InChI is InChI=1S/C29H40IN5O2/c1-21-24(30)25(31-35(21)23-15-28(16-23)18-33(19-28)26(36)37-27(2,3)4)34-14-13-32(20-29(34)11-8-12-29)17-22-9-6-5-7-10-22/h5-7,9-10,23H,8,11-20H2,1-4H3. The summed E-state index contributed by atoms with van der Waals surface area (Å²) in [6.45, 7) is 13.9. The monoisotopic (exact) mass is 617 g/mol. The molecule has 37 heavy (non-hydrogen) atoms. The summed E-state index contributed by atoms with van der Waals surface area (Å²) < 4.78 is 9.17. The number of halogens is 1. The molecule has 8 heteroatoms. The van der Waals surface area contributed by atoms with E-state index >= 15 is 0 Å². The predicted octanol–water partition coefficient (Wildman–Crippen LogP) is 5.61. The summed E-state index contributed by atoms with van der Waals surface area (Å²) in [7, 11) is 0. The third kappa shape index (κ3) is 4.66. The first-order chi connectivity index (χ1) is 17.6. The van der Waals surface area contributed by atoms with E-state index in [1.54, 1.807) is 0 Å². The van der Waals surface area contributed by atoms with Crippen molar-refractivity contribution in [3.8, 4) is 0 Å². The van der Waals surface area contributed by atoms with Crippen LogP contribution in [0.25, 0.3) is 0 Å². The zero-order valence-corrected chi connectivity index (χ0v) is 24.8. The minimum absolute atomic E-state index is 0.175. The number of rotatable bonds is 4. The van der Waals surface area contributed by atoms with E-state index in [1.165, 1.54) is 39.9 Å². The number of anilines is 1. The van der Waals surface area contributed by atoms with Gasteiger partial charge in [-0.15, -0.1) is 0 Å². The van der Waals surface area contributed by atoms with E-state index in [9.17, 15) is 4.79 Å². The van der Waals surface area contributed by atoms with Gasteiger partial charge >= 0.3 is 6.09 Å². The highest BCUT2D eigenvalue weighted by Gasteiger charge is 2.56. The van der Waals surface area contributed by atoms with Gasteiger partial charge < -0.3 is 14.5 Å². The largest absolute Gasteiger partial charge is 0.444 e. The second-order valence-electron chi connectivity index (χ2n) is 13.0. The van der Waals surface area contributed by atoms with E-state index in [4.69, 9.17) is 9.84 Å². The van der Waals surface area contributed by atoms with Gasteiger partial charge in [0, 0.05) is 44.7 Å². The SMILES string of the molecule is Cc1c(I)c(N2CCN(Cc3ccccc3)CC23CCC3)nn1C1CC2(C1)CN(C(=O)OC(C)(C)C)C2. The Labute approximate surface area is 234 Å². The van der Waals surface area contributed by atoms with Gasteiger partial charge in [0.25, 0.3) is 0 Å². The lowest BCUT2D eigenvalue weighted by Gasteiger charge is -2.58. The molecule has 0 unspecified atom stereocenters. The van der Waals surface area contributed by atoms with Crippen LogP contribution in [-0.4, -0.2) is 69.5 Å². The Kier molecular flexibility index (Phi) is 6.29. The summed E-state index contributed by atoms with van der Waals surface area (Å²) in [4.78, 5) is 19.6. The average Bonchev–Trinajstić information content (AvgIpc) is 3.04. The number of hydrogen-bond donors (Lipinski definition) is 0. The van der Waals surface area contributed by atoms with Crippen LogP contribution in [-0.2, 0) is 11.3 Å². The number of likely N-dealkylation sites (tertiary alicyclic amines) is 1. The first kappa shape index (κ1) is 25.5. The predicted molar refractivity (Wildman–Crippen MR) is 154 cm³/mol. The van der Waals surface area contributed by atoms with Gasteiger partial charge in [-0.1, -0.05) is 30.3 Å². The number of aromatic nitrogens is 2. The molecular formula is C29H40IN5O2. The van der Waals surface area contributed by atoms with Crippen LogP contribution in [0.1, 0.15) is 70.2 Å². The molecule has 1 aromatic carbocycles. The van der Waals surface area contributed by atoms with Gasteiger partial charge in [0.2, 0.25) is 0 Å². The van der Waals surface area contributed by atoms with E-state index in [1.807, 2.05) is 25.7 Å². The van der Waals surface area contributed by atoms with Crippen LogP contribution in [0.15, 0.2) is 30.3 Å².